The van der Waals surface area contributed by atoms with E-state index in [1.54, 1.807) is 0 Å². The van der Waals surface area contributed by atoms with E-state index in [9.17, 15) is 0 Å². The van der Waals surface area contributed by atoms with E-state index in [-0.39, 0.29) is 0 Å². The lowest BCUT2D eigenvalue weighted by atomic mass is 9.83. The summed E-state index contributed by atoms with van der Waals surface area (Å²) in [6.45, 7) is 3.25. The van der Waals surface area contributed by atoms with Crippen LogP contribution in [0.5, 0.6) is 0 Å². The summed E-state index contributed by atoms with van der Waals surface area (Å²) in [6, 6.07) is 9.28. The van der Waals surface area contributed by atoms with Gasteiger partial charge in [-0.25, -0.2) is 0 Å². The van der Waals surface area contributed by atoms with Gasteiger partial charge < -0.3 is 5.32 Å². The van der Waals surface area contributed by atoms with Gasteiger partial charge in [0.1, 0.15) is 0 Å². The van der Waals surface area contributed by atoms with Crippen LogP contribution in [0, 0.1) is 5.92 Å². The molecular weight excluding hydrogens is 286 g/mol. The molecule has 1 saturated carbocycles. The summed E-state index contributed by atoms with van der Waals surface area (Å²) in [5.74, 6) is 0.918. The third-order valence-electron chi connectivity index (χ3n) is 4.00. The average molecular weight is 310 g/mol. The number of halogens is 1. The van der Waals surface area contributed by atoms with Crippen LogP contribution in [0.3, 0.4) is 0 Å². The highest BCUT2D eigenvalue weighted by Gasteiger charge is 2.19. The van der Waals surface area contributed by atoms with Crippen LogP contribution in [0.4, 0.5) is 0 Å². The Hall–Kier alpha value is -0.340. The molecule has 100 valence electrons. The van der Waals surface area contributed by atoms with Gasteiger partial charge in [0.05, 0.1) is 0 Å². The highest BCUT2D eigenvalue weighted by Crippen LogP contribution is 2.32. The van der Waals surface area contributed by atoms with Crippen LogP contribution < -0.4 is 5.32 Å². The van der Waals surface area contributed by atoms with Crippen molar-refractivity contribution >= 4 is 15.9 Å². The standard InChI is InChI=1S/C16H24BrN/c1-2-18-16(11-13-7-4-3-5-8-13)14-9-6-10-15(17)12-14/h6,9-10,12-13,16,18H,2-5,7-8,11H2,1H3. The monoisotopic (exact) mass is 309 g/mol. The molecule has 0 bridgehead atoms. The van der Waals surface area contributed by atoms with E-state index in [0.717, 1.165) is 12.5 Å². The van der Waals surface area contributed by atoms with Crippen molar-refractivity contribution in [3.8, 4) is 0 Å². The lowest BCUT2D eigenvalue weighted by Crippen LogP contribution is -2.24. The molecular formula is C16H24BrN. The summed E-state index contributed by atoms with van der Waals surface area (Å²) in [7, 11) is 0. The van der Waals surface area contributed by atoms with Gasteiger partial charge in [-0.1, -0.05) is 67.1 Å². The first-order valence-corrected chi connectivity index (χ1v) is 8.07. The molecule has 1 fully saturated rings. The maximum atomic E-state index is 3.65. The quantitative estimate of drug-likeness (QED) is 0.800. The molecule has 1 aromatic rings. The Balaban J connectivity index is 2.02. The fourth-order valence-electron chi connectivity index (χ4n) is 3.06. The zero-order valence-corrected chi connectivity index (χ0v) is 12.9. The van der Waals surface area contributed by atoms with Crippen molar-refractivity contribution < 1.29 is 0 Å². The molecule has 0 aromatic heterocycles. The summed E-state index contributed by atoms with van der Waals surface area (Å²) in [5.41, 5.74) is 1.43. The Kier molecular flexibility index (Phi) is 5.71. The smallest absolute Gasteiger partial charge is 0.0323 e. The second kappa shape index (κ2) is 7.30. The molecule has 1 aliphatic rings. The molecule has 1 aliphatic carbocycles. The Labute approximate surface area is 119 Å². The van der Waals surface area contributed by atoms with Gasteiger partial charge in [0.2, 0.25) is 0 Å². The third-order valence-corrected chi connectivity index (χ3v) is 4.49. The topological polar surface area (TPSA) is 12.0 Å². The van der Waals surface area contributed by atoms with E-state index in [0.29, 0.717) is 6.04 Å². The SMILES string of the molecule is CCNC(CC1CCCCC1)c1cccc(Br)c1. The summed E-state index contributed by atoms with van der Waals surface area (Å²) in [5, 5.41) is 3.65. The second-order valence-corrected chi connectivity index (χ2v) is 6.32. The molecule has 0 spiro atoms. The minimum absolute atomic E-state index is 0.524. The number of hydrogen-bond donors (Lipinski definition) is 1. The van der Waals surface area contributed by atoms with E-state index in [4.69, 9.17) is 0 Å². The highest BCUT2D eigenvalue weighted by atomic mass is 79.9. The van der Waals surface area contributed by atoms with Crippen LogP contribution in [0.1, 0.15) is 57.1 Å². The van der Waals surface area contributed by atoms with Crippen molar-refractivity contribution in [2.45, 2.75) is 51.5 Å². The second-order valence-electron chi connectivity index (χ2n) is 5.41. The molecule has 18 heavy (non-hydrogen) atoms. The van der Waals surface area contributed by atoms with Crippen LogP contribution in [0.2, 0.25) is 0 Å². The van der Waals surface area contributed by atoms with Crippen LogP contribution in [-0.4, -0.2) is 6.54 Å². The van der Waals surface area contributed by atoms with Gasteiger partial charge in [0.15, 0.2) is 0 Å². The number of nitrogens with one attached hydrogen (secondary N) is 1. The van der Waals surface area contributed by atoms with Gasteiger partial charge in [-0.3, -0.25) is 0 Å². The predicted molar refractivity (Wildman–Crippen MR) is 81.8 cm³/mol. The number of benzene rings is 1. The third kappa shape index (κ3) is 4.10. The van der Waals surface area contributed by atoms with Crippen molar-refractivity contribution in [3.05, 3.63) is 34.3 Å². The maximum absolute atomic E-state index is 3.65. The molecule has 2 rings (SSSR count). The molecule has 2 heteroatoms. The summed E-state index contributed by atoms with van der Waals surface area (Å²) in [4.78, 5) is 0. The normalized spacial score (nSPS) is 18.8. The number of rotatable bonds is 5. The van der Waals surface area contributed by atoms with Gasteiger partial charge in [-0.2, -0.15) is 0 Å². The van der Waals surface area contributed by atoms with Crippen LogP contribution >= 0.6 is 15.9 Å². The average Bonchev–Trinajstić information content (AvgIpc) is 2.39. The molecule has 1 N–H and O–H groups in total. The minimum Gasteiger partial charge on any atom is -0.310 e. The van der Waals surface area contributed by atoms with Crippen LogP contribution in [0.25, 0.3) is 0 Å². The molecule has 1 nitrogen and oxygen atoms in total. The fourth-order valence-corrected chi connectivity index (χ4v) is 3.48. The summed E-state index contributed by atoms with van der Waals surface area (Å²) < 4.78 is 1.19. The Morgan fingerprint density at radius 1 is 1.28 bits per heavy atom. The first-order chi connectivity index (χ1) is 8.79. The van der Waals surface area contributed by atoms with E-state index in [1.165, 1.54) is 48.6 Å². The van der Waals surface area contributed by atoms with Crippen molar-refractivity contribution in [1.82, 2.24) is 5.32 Å². The molecule has 0 heterocycles. The molecule has 1 atom stereocenters. The highest BCUT2D eigenvalue weighted by molar-refractivity contribution is 9.10. The molecule has 1 unspecified atom stereocenters. The molecule has 0 radical (unpaired) electrons. The van der Waals surface area contributed by atoms with E-state index in [2.05, 4.69) is 52.4 Å². The first kappa shape index (κ1) is 14.1. The van der Waals surface area contributed by atoms with Crippen LogP contribution in [-0.2, 0) is 0 Å². The van der Waals surface area contributed by atoms with Crippen molar-refractivity contribution in [2.75, 3.05) is 6.54 Å². The van der Waals surface area contributed by atoms with Gasteiger partial charge in [-0.05, 0) is 36.6 Å². The van der Waals surface area contributed by atoms with Crippen molar-refractivity contribution in [2.24, 2.45) is 5.92 Å². The predicted octanol–water partition coefficient (Wildman–Crippen LogP) is 5.07. The molecule has 0 saturated heterocycles. The summed E-state index contributed by atoms with van der Waals surface area (Å²) >= 11 is 3.58. The Morgan fingerprint density at radius 2 is 2.06 bits per heavy atom. The van der Waals surface area contributed by atoms with Gasteiger partial charge in [0, 0.05) is 10.5 Å². The van der Waals surface area contributed by atoms with E-state index < -0.39 is 0 Å². The van der Waals surface area contributed by atoms with Crippen molar-refractivity contribution in [3.63, 3.8) is 0 Å². The maximum Gasteiger partial charge on any atom is 0.0323 e. The van der Waals surface area contributed by atoms with E-state index in [1.807, 2.05) is 0 Å². The molecule has 0 aliphatic heterocycles. The Bertz CT molecular complexity index is 358. The van der Waals surface area contributed by atoms with Crippen molar-refractivity contribution in [1.29, 1.82) is 0 Å². The number of hydrogen-bond acceptors (Lipinski definition) is 1. The zero-order valence-electron chi connectivity index (χ0n) is 11.3. The van der Waals surface area contributed by atoms with Gasteiger partial charge >= 0.3 is 0 Å². The molecule has 1 aromatic carbocycles. The van der Waals surface area contributed by atoms with Crippen LogP contribution in [0.15, 0.2) is 28.7 Å². The lowest BCUT2D eigenvalue weighted by Gasteiger charge is -2.27. The Morgan fingerprint density at radius 3 is 2.72 bits per heavy atom. The van der Waals surface area contributed by atoms with Gasteiger partial charge in [-0.15, -0.1) is 0 Å². The summed E-state index contributed by atoms with van der Waals surface area (Å²) in [6.07, 6.45) is 8.46. The first-order valence-electron chi connectivity index (χ1n) is 7.28. The zero-order chi connectivity index (χ0) is 12.8. The largest absolute Gasteiger partial charge is 0.310 e. The van der Waals surface area contributed by atoms with E-state index >= 15 is 0 Å². The fraction of sp³-hybridized carbons (Fsp3) is 0.625. The molecule has 0 amide bonds. The van der Waals surface area contributed by atoms with Gasteiger partial charge in [0.25, 0.3) is 0 Å². The minimum atomic E-state index is 0.524. The lowest BCUT2D eigenvalue weighted by molar-refractivity contribution is 0.301.